The van der Waals surface area contributed by atoms with Gasteiger partial charge < -0.3 is 9.84 Å². The zero-order valence-corrected chi connectivity index (χ0v) is 15.7. The van der Waals surface area contributed by atoms with Crippen molar-refractivity contribution in [2.45, 2.75) is 26.4 Å². The highest BCUT2D eigenvalue weighted by atomic mass is 32.1. The highest BCUT2D eigenvalue weighted by molar-refractivity contribution is 7.11. The van der Waals surface area contributed by atoms with Gasteiger partial charge in [-0.05, 0) is 49.2 Å². The lowest BCUT2D eigenvalue weighted by Crippen LogP contribution is -2.24. The first-order chi connectivity index (χ1) is 12.7. The van der Waals surface area contributed by atoms with Gasteiger partial charge in [-0.25, -0.2) is 9.97 Å². The fraction of sp³-hybridized carbons (Fsp3) is 0.300. The number of hydrogen-bond donors (Lipinski definition) is 1. The molecule has 26 heavy (non-hydrogen) atoms. The average molecular weight is 369 g/mol. The maximum Gasteiger partial charge on any atom is 0.321 e. The van der Waals surface area contributed by atoms with Crippen molar-refractivity contribution in [3.05, 3.63) is 70.2 Å². The lowest BCUT2D eigenvalue weighted by molar-refractivity contribution is 0.214. The standard InChI is InChI=1S/C20H23N3O2S/c1-16-4-9-19(26-16)15-23(12-3-13-24)14-17-5-7-18(8-6-17)25-20-21-10-2-11-22-20/h2,4-11,24H,3,12-15H2,1H3. The Labute approximate surface area is 157 Å². The molecule has 0 aliphatic rings. The Bertz CT molecular complexity index is 790. The van der Waals surface area contributed by atoms with Crippen LogP contribution in [-0.2, 0) is 13.1 Å². The van der Waals surface area contributed by atoms with Crippen LogP contribution in [0.3, 0.4) is 0 Å². The molecule has 0 amide bonds. The number of hydrogen-bond acceptors (Lipinski definition) is 6. The Kier molecular flexibility index (Phi) is 6.71. The van der Waals surface area contributed by atoms with Gasteiger partial charge in [0.15, 0.2) is 0 Å². The third-order valence-corrected chi connectivity index (χ3v) is 4.87. The van der Waals surface area contributed by atoms with Crippen LogP contribution in [0, 0.1) is 6.92 Å². The molecule has 0 aliphatic heterocycles. The number of benzene rings is 1. The van der Waals surface area contributed by atoms with Crippen molar-refractivity contribution in [2.24, 2.45) is 0 Å². The lowest BCUT2D eigenvalue weighted by atomic mass is 10.2. The van der Waals surface area contributed by atoms with Crippen molar-refractivity contribution in [2.75, 3.05) is 13.2 Å². The van der Waals surface area contributed by atoms with E-state index in [4.69, 9.17) is 4.74 Å². The summed E-state index contributed by atoms with van der Waals surface area (Å²) in [7, 11) is 0. The van der Waals surface area contributed by atoms with E-state index in [2.05, 4.69) is 46.1 Å². The molecule has 2 aromatic heterocycles. The second-order valence-electron chi connectivity index (χ2n) is 6.08. The number of ether oxygens (including phenoxy) is 1. The molecule has 136 valence electrons. The number of rotatable bonds is 9. The molecule has 0 aliphatic carbocycles. The first kappa shape index (κ1) is 18.5. The predicted octanol–water partition coefficient (Wildman–Crippen LogP) is 4.02. The van der Waals surface area contributed by atoms with Gasteiger partial charge in [0, 0.05) is 48.4 Å². The van der Waals surface area contributed by atoms with Gasteiger partial charge in [0.25, 0.3) is 0 Å². The van der Waals surface area contributed by atoms with Gasteiger partial charge >= 0.3 is 6.01 Å². The van der Waals surface area contributed by atoms with Gasteiger partial charge in [-0.2, -0.15) is 0 Å². The molecule has 2 heterocycles. The van der Waals surface area contributed by atoms with Gasteiger partial charge in [-0.1, -0.05) is 12.1 Å². The molecule has 0 saturated carbocycles. The topological polar surface area (TPSA) is 58.5 Å². The predicted molar refractivity (Wildman–Crippen MR) is 103 cm³/mol. The number of aromatic nitrogens is 2. The summed E-state index contributed by atoms with van der Waals surface area (Å²) in [5.41, 5.74) is 1.21. The van der Waals surface area contributed by atoms with Crippen LogP contribution in [0.1, 0.15) is 21.7 Å². The first-order valence-corrected chi connectivity index (χ1v) is 9.47. The van der Waals surface area contributed by atoms with Gasteiger partial charge in [-0.15, -0.1) is 11.3 Å². The Morgan fingerprint density at radius 2 is 1.81 bits per heavy atom. The summed E-state index contributed by atoms with van der Waals surface area (Å²) in [6.07, 6.45) is 4.08. The second-order valence-corrected chi connectivity index (χ2v) is 7.45. The number of aliphatic hydroxyl groups excluding tert-OH is 1. The summed E-state index contributed by atoms with van der Waals surface area (Å²) in [6.45, 7) is 4.93. The molecule has 0 saturated heterocycles. The third kappa shape index (κ3) is 5.62. The maximum absolute atomic E-state index is 9.18. The smallest absolute Gasteiger partial charge is 0.321 e. The van der Waals surface area contributed by atoms with E-state index in [9.17, 15) is 5.11 Å². The lowest BCUT2D eigenvalue weighted by Gasteiger charge is -2.21. The summed E-state index contributed by atoms with van der Waals surface area (Å²) >= 11 is 1.83. The molecule has 3 aromatic rings. The van der Waals surface area contributed by atoms with E-state index in [1.807, 2.05) is 23.5 Å². The van der Waals surface area contributed by atoms with Crippen LogP contribution < -0.4 is 4.74 Å². The van der Waals surface area contributed by atoms with Crippen LogP contribution in [0.15, 0.2) is 54.9 Å². The number of aryl methyl sites for hydroxylation is 1. The summed E-state index contributed by atoms with van der Waals surface area (Å²) in [6, 6.07) is 14.4. The Hall–Kier alpha value is -2.28. The van der Waals surface area contributed by atoms with Crippen LogP contribution in [0.5, 0.6) is 11.8 Å². The molecule has 0 spiro atoms. The quantitative estimate of drug-likeness (QED) is 0.617. The largest absolute Gasteiger partial charge is 0.424 e. The minimum absolute atomic E-state index is 0.212. The molecule has 1 aromatic carbocycles. The van der Waals surface area contributed by atoms with Crippen molar-refractivity contribution < 1.29 is 9.84 Å². The van der Waals surface area contributed by atoms with E-state index in [-0.39, 0.29) is 6.61 Å². The van der Waals surface area contributed by atoms with E-state index < -0.39 is 0 Å². The van der Waals surface area contributed by atoms with Gasteiger partial charge in [0.2, 0.25) is 0 Å². The molecule has 1 N–H and O–H groups in total. The Morgan fingerprint density at radius 1 is 1.04 bits per heavy atom. The molecule has 3 rings (SSSR count). The summed E-state index contributed by atoms with van der Waals surface area (Å²) in [5, 5.41) is 9.18. The normalized spacial score (nSPS) is 11.0. The van der Waals surface area contributed by atoms with Crippen LogP contribution in [0.25, 0.3) is 0 Å². The number of thiophene rings is 1. The summed E-state index contributed by atoms with van der Waals surface area (Å²) < 4.78 is 5.63. The van der Waals surface area contributed by atoms with Crippen LogP contribution in [-0.4, -0.2) is 33.1 Å². The Balaban J connectivity index is 1.62. The minimum atomic E-state index is 0.212. The van der Waals surface area contributed by atoms with E-state index in [1.165, 1.54) is 15.3 Å². The van der Waals surface area contributed by atoms with Gasteiger partial charge in [0.1, 0.15) is 5.75 Å². The Morgan fingerprint density at radius 3 is 2.46 bits per heavy atom. The van der Waals surface area contributed by atoms with E-state index in [0.717, 1.165) is 31.8 Å². The highest BCUT2D eigenvalue weighted by Crippen LogP contribution is 2.21. The minimum Gasteiger partial charge on any atom is -0.424 e. The number of aliphatic hydroxyl groups is 1. The zero-order chi connectivity index (χ0) is 18.2. The summed E-state index contributed by atoms with van der Waals surface area (Å²) in [5.74, 6) is 0.718. The third-order valence-electron chi connectivity index (χ3n) is 3.89. The van der Waals surface area contributed by atoms with Crippen molar-refractivity contribution in [3.63, 3.8) is 0 Å². The van der Waals surface area contributed by atoms with Gasteiger partial charge in [-0.3, -0.25) is 4.90 Å². The van der Waals surface area contributed by atoms with Crippen molar-refractivity contribution in [1.82, 2.24) is 14.9 Å². The first-order valence-electron chi connectivity index (χ1n) is 8.65. The molecule has 0 atom stereocenters. The van der Waals surface area contributed by atoms with Crippen molar-refractivity contribution >= 4 is 11.3 Å². The average Bonchev–Trinajstić information content (AvgIpc) is 3.07. The SMILES string of the molecule is Cc1ccc(CN(CCCO)Cc2ccc(Oc3ncccn3)cc2)s1. The van der Waals surface area contributed by atoms with Crippen LogP contribution in [0.4, 0.5) is 0 Å². The van der Waals surface area contributed by atoms with E-state index in [1.54, 1.807) is 18.5 Å². The molecular formula is C20H23N3O2S. The molecule has 0 fully saturated rings. The van der Waals surface area contributed by atoms with Crippen molar-refractivity contribution in [1.29, 1.82) is 0 Å². The molecule has 5 nitrogen and oxygen atoms in total. The summed E-state index contributed by atoms with van der Waals surface area (Å²) in [4.78, 5) is 13.2. The van der Waals surface area contributed by atoms with E-state index in [0.29, 0.717) is 6.01 Å². The fourth-order valence-electron chi connectivity index (χ4n) is 2.66. The molecular weight excluding hydrogens is 346 g/mol. The maximum atomic E-state index is 9.18. The number of nitrogens with zero attached hydrogens (tertiary/aromatic N) is 3. The fourth-order valence-corrected chi connectivity index (χ4v) is 3.60. The van der Waals surface area contributed by atoms with Crippen LogP contribution in [0.2, 0.25) is 0 Å². The molecule has 0 unspecified atom stereocenters. The molecule has 0 bridgehead atoms. The van der Waals surface area contributed by atoms with Crippen LogP contribution >= 0.6 is 11.3 Å². The monoisotopic (exact) mass is 369 g/mol. The second kappa shape index (κ2) is 9.43. The van der Waals surface area contributed by atoms with Crippen molar-refractivity contribution in [3.8, 4) is 11.8 Å². The van der Waals surface area contributed by atoms with Gasteiger partial charge in [0.05, 0.1) is 0 Å². The molecule has 6 heteroatoms. The molecule has 0 radical (unpaired) electrons. The zero-order valence-electron chi connectivity index (χ0n) is 14.8. The highest BCUT2D eigenvalue weighted by Gasteiger charge is 2.09. The van der Waals surface area contributed by atoms with E-state index >= 15 is 0 Å².